The number of fused-ring (bicyclic) bond motifs is 4. The fraction of sp³-hybridized carbons (Fsp3) is 0.152. The number of furan rings is 1. The molecule has 0 N–H and O–H groups in total. The van der Waals surface area contributed by atoms with E-state index in [1.165, 1.54) is 5.56 Å². The van der Waals surface area contributed by atoms with Crippen LogP contribution in [0.1, 0.15) is 19.4 Å². The van der Waals surface area contributed by atoms with Crippen molar-refractivity contribution in [1.29, 1.82) is 0 Å². The van der Waals surface area contributed by atoms with Gasteiger partial charge in [0, 0.05) is 28.3 Å². The average Bonchev–Trinajstić information content (AvgIpc) is 3.54. The Morgan fingerprint density at radius 3 is 2.45 bits per heavy atom. The number of ether oxygens (including phenoxy) is 1. The molecule has 5 aromatic rings. The molecule has 40 heavy (non-hydrogen) atoms. The minimum absolute atomic E-state index is 0. The van der Waals surface area contributed by atoms with Crippen molar-refractivity contribution >= 4 is 39.0 Å². The van der Waals surface area contributed by atoms with Gasteiger partial charge in [0.25, 0.3) is 0 Å². The van der Waals surface area contributed by atoms with Crippen LogP contribution < -0.4 is 14.5 Å². The Balaban J connectivity index is 0.00000289. The summed E-state index contributed by atoms with van der Waals surface area (Å²) in [6.07, 6.45) is 3.97. The number of anilines is 3. The number of rotatable bonds is 4. The predicted molar refractivity (Wildman–Crippen MR) is 155 cm³/mol. The quantitative estimate of drug-likeness (QED) is 0.178. The van der Waals surface area contributed by atoms with Gasteiger partial charge in [-0.25, -0.2) is 0 Å². The van der Waals surface area contributed by atoms with Gasteiger partial charge in [0.1, 0.15) is 5.58 Å². The molecule has 0 amide bonds. The molecule has 3 heterocycles. The van der Waals surface area contributed by atoms with E-state index in [4.69, 9.17) is 9.15 Å². The van der Waals surface area contributed by atoms with Gasteiger partial charge in [0.05, 0.1) is 0 Å². The molecule has 0 aliphatic carbocycles. The van der Waals surface area contributed by atoms with Gasteiger partial charge in [0.15, 0.2) is 0 Å². The molecule has 0 saturated carbocycles. The Bertz CT molecular complexity index is 1740. The van der Waals surface area contributed by atoms with Gasteiger partial charge in [-0.2, -0.15) is 19.4 Å². The summed E-state index contributed by atoms with van der Waals surface area (Å²) < 4.78 is 12.8. The molecular weight excluding hydrogens is 679 g/mol. The van der Waals surface area contributed by atoms with Crippen LogP contribution in [0.15, 0.2) is 89.6 Å². The monoisotopic (exact) mass is 707 g/mol. The zero-order chi connectivity index (χ0) is 26.7. The fourth-order valence-corrected chi connectivity index (χ4v) is 5.26. The summed E-state index contributed by atoms with van der Waals surface area (Å²) in [5.41, 5.74) is 5.53. The van der Waals surface area contributed by atoms with Crippen molar-refractivity contribution in [1.82, 2.24) is 9.80 Å². The molecule has 0 bridgehead atoms. The van der Waals surface area contributed by atoms with Crippen molar-refractivity contribution in [2.45, 2.75) is 19.4 Å². The molecule has 2 aliphatic heterocycles. The number of para-hydroxylation sites is 2. The normalized spacial score (nSPS) is 16.4. The maximum atomic E-state index is 6.57. The first-order chi connectivity index (χ1) is 18.9. The zero-order valence-corrected chi connectivity index (χ0v) is 24.9. The van der Waals surface area contributed by atoms with E-state index in [2.05, 4.69) is 85.9 Å². The summed E-state index contributed by atoms with van der Waals surface area (Å²) in [7, 11) is 4.09. The van der Waals surface area contributed by atoms with Gasteiger partial charge in [-0.05, 0) is 68.8 Å². The Morgan fingerprint density at radius 2 is 1.62 bits per heavy atom. The molecule has 7 heteroatoms. The standard InChI is InChI=1S/C33H28N4O2.Pt/c1-33(2)27-13-6-7-14-28(27)37(22-35(33)4)23-10-9-11-25(18-23)38-30-19-24(36-17-16-34(3)21-36)20-31-32(30)26-12-5-8-15-29(26)39-31;/h5-17,20-22H,1-4H3;/q-4;+4. The predicted octanol–water partition coefficient (Wildman–Crippen LogP) is 7.76. The molecule has 2 aliphatic rings. The second kappa shape index (κ2) is 10.0. The molecule has 0 atom stereocenters. The average molecular weight is 708 g/mol. The van der Waals surface area contributed by atoms with Crippen molar-refractivity contribution < 1.29 is 30.2 Å². The molecular formula is C33H28N4O2Pt. The third kappa shape index (κ3) is 4.36. The fourth-order valence-electron chi connectivity index (χ4n) is 5.26. The Labute approximate surface area is 249 Å². The van der Waals surface area contributed by atoms with Crippen LogP contribution in [0.5, 0.6) is 11.5 Å². The number of hydrogen-bond acceptors (Lipinski definition) is 6. The first-order valence-corrected chi connectivity index (χ1v) is 13.0. The topological polar surface area (TPSA) is 35.3 Å². The Morgan fingerprint density at radius 1 is 0.825 bits per heavy atom. The molecule has 1 aromatic heterocycles. The van der Waals surface area contributed by atoms with Crippen LogP contribution in [0.4, 0.5) is 17.1 Å². The molecule has 4 aromatic carbocycles. The Kier molecular flexibility index (Phi) is 6.64. The van der Waals surface area contributed by atoms with Gasteiger partial charge in [-0.3, -0.25) is 0 Å². The number of benzene rings is 4. The van der Waals surface area contributed by atoms with Crippen LogP contribution in [-0.2, 0) is 26.6 Å². The minimum atomic E-state index is -0.125. The SMILES string of the molecule is CN1C=CN(c2[c-]c(Oc3[c-]c(N4[CH-]N(C)C(C)(C)c5ccccc54)ccc3)c3c(c2)oc2ccccc23)[CH-]1.[Pt+4]. The molecule has 6 nitrogen and oxygen atoms in total. The summed E-state index contributed by atoms with van der Waals surface area (Å²) in [4.78, 5) is 8.37. The second-order valence-corrected chi connectivity index (χ2v) is 10.5. The number of hydrogen-bond donors (Lipinski definition) is 0. The van der Waals surface area contributed by atoms with E-state index < -0.39 is 0 Å². The van der Waals surface area contributed by atoms with E-state index in [-0.39, 0.29) is 26.6 Å². The molecule has 7 rings (SSSR count). The van der Waals surface area contributed by atoms with Gasteiger partial charge in [-0.1, -0.05) is 42.1 Å². The van der Waals surface area contributed by atoms with Crippen molar-refractivity contribution in [2.24, 2.45) is 0 Å². The first-order valence-electron chi connectivity index (χ1n) is 13.0. The van der Waals surface area contributed by atoms with E-state index >= 15 is 0 Å². The summed E-state index contributed by atoms with van der Waals surface area (Å²) >= 11 is 0. The van der Waals surface area contributed by atoms with Gasteiger partial charge >= 0.3 is 21.1 Å². The van der Waals surface area contributed by atoms with Crippen LogP contribution in [0.25, 0.3) is 21.9 Å². The van der Waals surface area contributed by atoms with Crippen molar-refractivity contribution in [2.75, 3.05) is 23.9 Å². The van der Waals surface area contributed by atoms with Gasteiger partial charge in [0.2, 0.25) is 0 Å². The maximum Gasteiger partial charge on any atom is 4.00 e. The summed E-state index contributed by atoms with van der Waals surface area (Å²) in [6, 6.07) is 31.5. The summed E-state index contributed by atoms with van der Waals surface area (Å²) in [6.45, 7) is 8.57. The van der Waals surface area contributed by atoms with E-state index in [1.807, 2.05) is 72.3 Å². The van der Waals surface area contributed by atoms with E-state index in [0.717, 1.165) is 39.0 Å². The van der Waals surface area contributed by atoms with Crippen LogP contribution in [0.2, 0.25) is 0 Å². The van der Waals surface area contributed by atoms with Crippen molar-refractivity contribution in [3.05, 3.63) is 116 Å². The smallest absolute Gasteiger partial charge is 0.510 e. The van der Waals surface area contributed by atoms with Gasteiger partial charge in [-0.15, -0.1) is 36.0 Å². The van der Waals surface area contributed by atoms with Gasteiger partial charge < -0.3 is 28.8 Å². The first kappa shape index (κ1) is 26.5. The van der Waals surface area contributed by atoms with Crippen LogP contribution in [0, 0.1) is 25.5 Å². The molecule has 202 valence electrons. The van der Waals surface area contributed by atoms with Crippen LogP contribution in [0.3, 0.4) is 0 Å². The second-order valence-electron chi connectivity index (χ2n) is 10.5. The van der Waals surface area contributed by atoms with Crippen molar-refractivity contribution in [3.63, 3.8) is 0 Å². The van der Waals surface area contributed by atoms with Crippen LogP contribution in [-0.4, -0.2) is 23.9 Å². The van der Waals surface area contributed by atoms with E-state index in [1.54, 1.807) is 0 Å². The van der Waals surface area contributed by atoms with Crippen molar-refractivity contribution in [3.8, 4) is 11.5 Å². The zero-order valence-electron chi connectivity index (χ0n) is 22.7. The molecule has 0 fully saturated rings. The summed E-state index contributed by atoms with van der Waals surface area (Å²) in [5.74, 6) is 1.20. The largest absolute Gasteiger partial charge is 4.00 e. The summed E-state index contributed by atoms with van der Waals surface area (Å²) in [5, 5.41) is 1.88. The Hall–Kier alpha value is -3.73. The molecule has 0 saturated heterocycles. The maximum absolute atomic E-state index is 6.57. The van der Waals surface area contributed by atoms with E-state index in [0.29, 0.717) is 11.5 Å². The molecule has 0 radical (unpaired) electrons. The third-order valence-corrected chi connectivity index (χ3v) is 7.62. The van der Waals surface area contributed by atoms with Crippen LogP contribution >= 0.6 is 0 Å². The van der Waals surface area contributed by atoms with E-state index in [9.17, 15) is 0 Å². The number of nitrogens with zero attached hydrogens (tertiary/aromatic N) is 4. The molecule has 0 unspecified atom stereocenters. The third-order valence-electron chi connectivity index (χ3n) is 7.62. The minimum Gasteiger partial charge on any atom is -0.510 e. The molecule has 0 spiro atoms.